The first-order valence-electron chi connectivity index (χ1n) is 5.95. The summed E-state index contributed by atoms with van der Waals surface area (Å²) in [5.74, 6) is -0.0864. The minimum atomic E-state index is -0.475. The van der Waals surface area contributed by atoms with E-state index in [2.05, 4.69) is 5.32 Å². The highest BCUT2D eigenvalue weighted by molar-refractivity contribution is 5.82. The largest absolute Gasteiger partial charge is 0.396 e. The highest BCUT2D eigenvalue weighted by Gasteiger charge is 2.42. The van der Waals surface area contributed by atoms with Crippen molar-refractivity contribution in [1.29, 1.82) is 0 Å². The lowest BCUT2D eigenvalue weighted by atomic mass is 9.87. The zero-order valence-corrected chi connectivity index (χ0v) is 10.5. The Morgan fingerprint density at radius 3 is 2.44 bits per heavy atom. The quantitative estimate of drug-likeness (QED) is 0.646. The van der Waals surface area contributed by atoms with Gasteiger partial charge in [-0.25, -0.2) is 0 Å². The van der Waals surface area contributed by atoms with E-state index in [1.165, 1.54) is 0 Å². The Morgan fingerprint density at radius 1 is 1.50 bits per heavy atom. The maximum atomic E-state index is 11.8. The van der Waals surface area contributed by atoms with Crippen molar-refractivity contribution in [3.63, 3.8) is 0 Å². The van der Waals surface area contributed by atoms with Gasteiger partial charge in [0.25, 0.3) is 0 Å². The van der Waals surface area contributed by atoms with Crippen molar-refractivity contribution in [2.75, 3.05) is 13.2 Å². The topological polar surface area (TPSA) is 75.4 Å². The molecule has 94 valence electrons. The minimum absolute atomic E-state index is 0.0864. The van der Waals surface area contributed by atoms with Gasteiger partial charge in [0.1, 0.15) is 0 Å². The van der Waals surface area contributed by atoms with Crippen molar-refractivity contribution in [1.82, 2.24) is 5.32 Å². The van der Waals surface area contributed by atoms with E-state index in [1.807, 2.05) is 20.8 Å². The van der Waals surface area contributed by atoms with E-state index in [-0.39, 0.29) is 23.3 Å². The Balaban J connectivity index is 2.36. The number of nitrogens with one attached hydrogen (secondary N) is 1. The molecule has 1 aliphatic carbocycles. The van der Waals surface area contributed by atoms with Crippen LogP contribution < -0.4 is 11.1 Å². The van der Waals surface area contributed by atoms with Crippen LogP contribution in [-0.2, 0) is 4.79 Å². The third kappa shape index (κ3) is 3.46. The van der Waals surface area contributed by atoms with Crippen LogP contribution in [0.2, 0.25) is 0 Å². The predicted molar refractivity (Wildman–Crippen MR) is 63.8 cm³/mol. The number of carbonyl (C=O) groups excluding carboxylic acids is 1. The van der Waals surface area contributed by atoms with Crippen molar-refractivity contribution >= 4 is 5.91 Å². The van der Waals surface area contributed by atoms with Gasteiger partial charge in [0, 0.05) is 13.2 Å². The van der Waals surface area contributed by atoms with Gasteiger partial charge in [-0.3, -0.25) is 4.79 Å². The van der Waals surface area contributed by atoms with Gasteiger partial charge in [-0.05, 0) is 30.1 Å². The number of carbonyl (C=O) groups is 1. The maximum absolute atomic E-state index is 11.8. The van der Waals surface area contributed by atoms with Crippen LogP contribution in [0, 0.1) is 10.8 Å². The fraction of sp³-hybridized carbons (Fsp3) is 0.917. The number of nitrogens with two attached hydrogens (primary N) is 1. The lowest BCUT2D eigenvalue weighted by molar-refractivity contribution is -0.124. The van der Waals surface area contributed by atoms with E-state index in [4.69, 9.17) is 10.8 Å². The summed E-state index contributed by atoms with van der Waals surface area (Å²) in [5, 5.41) is 11.8. The fourth-order valence-electron chi connectivity index (χ4n) is 1.71. The molecular weight excluding hydrogens is 204 g/mol. The molecule has 4 N–H and O–H groups in total. The first kappa shape index (κ1) is 13.5. The second-order valence-corrected chi connectivity index (χ2v) is 6.04. The summed E-state index contributed by atoms with van der Waals surface area (Å²) < 4.78 is 0. The Bertz CT molecular complexity index is 254. The Hall–Kier alpha value is -0.610. The molecule has 1 rings (SSSR count). The average Bonchev–Trinajstić information content (AvgIpc) is 2.93. The van der Waals surface area contributed by atoms with Crippen LogP contribution in [0.25, 0.3) is 0 Å². The molecule has 0 unspecified atom stereocenters. The molecule has 4 heteroatoms. The van der Waals surface area contributed by atoms with Crippen molar-refractivity contribution in [3.05, 3.63) is 0 Å². The third-order valence-electron chi connectivity index (χ3n) is 3.45. The molecule has 0 spiro atoms. The second kappa shape index (κ2) is 4.72. The van der Waals surface area contributed by atoms with Gasteiger partial charge in [-0.2, -0.15) is 0 Å². The van der Waals surface area contributed by atoms with E-state index in [1.54, 1.807) is 0 Å². The third-order valence-corrected chi connectivity index (χ3v) is 3.45. The van der Waals surface area contributed by atoms with Crippen LogP contribution in [-0.4, -0.2) is 30.2 Å². The Labute approximate surface area is 97.6 Å². The molecule has 16 heavy (non-hydrogen) atoms. The van der Waals surface area contributed by atoms with E-state index >= 15 is 0 Å². The summed E-state index contributed by atoms with van der Waals surface area (Å²) in [4.78, 5) is 11.8. The molecule has 4 nitrogen and oxygen atoms in total. The maximum Gasteiger partial charge on any atom is 0.237 e. The molecule has 1 amide bonds. The van der Waals surface area contributed by atoms with Crippen LogP contribution in [0.5, 0.6) is 0 Å². The average molecular weight is 228 g/mol. The van der Waals surface area contributed by atoms with Crippen molar-refractivity contribution in [3.8, 4) is 0 Å². The van der Waals surface area contributed by atoms with Crippen LogP contribution in [0.4, 0.5) is 0 Å². The van der Waals surface area contributed by atoms with E-state index in [0.29, 0.717) is 6.54 Å². The van der Waals surface area contributed by atoms with Gasteiger partial charge < -0.3 is 16.2 Å². The molecule has 0 heterocycles. The summed E-state index contributed by atoms with van der Waals surface area (Å²) >= 11 is 0. The molecule has 0 saturated heterocycles. The first-order valence-corrected chi connectivity index (χ1v) is 5.95. The minimum Gasteiger partial charge on any atom is -0.396 e. The van der Waals surface area contributed by atoms with Gasteiger partial charge in [-0.15, -0.1) is 0 Å². The number of rotatable bonds is 5. The molecule has 1 aliphatic rings. The van der Waals surface area contributed by atoms with Crippen LogP contribution in [0.15, 0.2) is 0 Å². The summed E-state index contributed by atoms with van der Waals surface area (Å²) in [7, 11) is 0. The van der Waals surface area contributed by atoms with E-state index in [9.17, 15) is 4.79 Å². The predicted octanol–water partition coefficient (Wildman–Crippen LogP) is 0.639. The summed E-state index contributed by atoms with van der Waals surface area (Å²) in [5.41, 5.74) is 5.80. The smallest absolute Gasteiger partial charge is 0.237 e. The summed E-state index contributed by atoms with van der Waals surface area (Å²) in [6.07, 6.45) is 2.97. The van der Waals surface area contributed by atoms with Crippen LogP contribution in [0.3, 0.4) is 0 Å². The zero-order chi connectivity index (χ0) is 12.4. The molecule has 0 aliphatic heterocycles. The second-order valence-electron chi connectivity index (χ2n) is 6.04. The highest BCUT2D eigenvalue weighted by Crippen LogP contribution is 2.47. The number of aliphatic hydroxyl groups is 1. The lowest BCUT2D eigenvalue weighted by Crippen LogP contribution is -2.49. The van der Waals surface area contributed by atoms with Gasteiger partial charge in [-0.1, -0.05) is 20.8 Å². The zero-order valence-electron chi connectivity index (χ0n) is 10.5. The molecule has 1 saturated carbocycles. The number of aliphatic hydroxyl groups excluding tert-OH is 1. The van der Waals surface area contributed by atoms with Crippen LogP contribution >= 0.6 is 0 Å². The molecule has 0 aromatic rings. The molecular formula is C12H24N2O2. The van der Waals surface area contributed by atoms with Crippen LogP contribution in [0.1, 0.15) is 40.0 Å². The first-order chi connectivity index (χ1) is 7.31. The van der Waals surface area contributed by atoms with E-state index in [0.717, 1.165) is 19.3 Å². The van der Waals surface area contributed by atoms with Gasteiger partial charge in [0.05, 0.1) is 6.04 Å². The van der Waals surface area contributed by atoms with Gasteiger partial charge in [0.15, 0.2) is 0 Å². The number of hydrogen-bond donors (Lipinski definition) is 3. The normalized spacial score (nSPS) is 20.3. The molecule has 0 radical (unpaired) electrons. The molecule has 1 fully saturated rings. The molecule has 0 bridgehead atoms. The van der Waals surface area contributed by atoms with Gasteiger partial charge >= 0.3 is 0 Å². The molecule has 0 aromatic carbocycles. The fourth-order valence-corrected chi connectivity index (χ4v) is 1.71. The summed E-state index contributed by atoms with van der Waals surface area (Å²) in [6, 6.07) is -0.475. The summed E-state index contributed by atoms with van der Waals surface area (Å²) in [6.45, 7) is 6.71. The SMILES string of the molecule is CC(C)(C)[C@H](N)C(=O)NCC1(CCO)CC1. The van der Waals surface area contributed by atoms with E-state index < -0.39 is 6.04 Å². The lowest BCUT2D eigenvalue weighted by Gasteiger charge is -2.26. The Morgan fingerprint density at radius 2 is 2.06 bits per heavy atom. The molecule has 1 atom stereocenters. The Kier molecular flexibility index (Phi) is 3.97. The van der Waals surface area contributed by atoms with Crippen molar-refractivity contribution in [2.45, 2.75) is 46.1 Å². The monoisotopic (exact) mass is 228 g/mol. The van der Waals surface area contributed by atoms with Gasteiger partial charge in [0.2, 0.25) is 5.91 Å². The standard InChI is InChI=1S/C12H24N2O2/c1-11(2,3)9(13)10(16)14-8-12(4-5-12)6-7-15/h9,15H,4-8,13H2,1-3H3,(H,14,16)/t9-/m1/s1. The number of amides is 1. The van der Waals surface area contributed by atoms with Crippen molar-refractivity contribution in [2.24, 2.45) is 16.6 Å². The van der Waals surface area contributed by atoms with Crippen molar-refractivity contribution < 1.29 is 9.90 Å². The molecule has 0 aromatic heterocycles. The highest BCUT2D eigenvalue weighted by atomic mass is 16.3. The number of hydrogen-bond acceptors (Lipinski definition) is 3.